The summed E-state index contributed by atoms with van der Waals surface area (Å²) in [5, 5.41) is 0. The van der Waals surface area contributed by atoms with Gasteiger partial charge in [-0.25, -0.2) is 9.13 Å². The Balaban J connectivity index is 2.10. The number of halogens is 3. The molecule has 128 valence electrons. The van der Waals surface area contributed by atoms with E-state index in [1.807, 2.05) is 0 Å². The number of hydrogen-bond acceptors (Lipinski definition) is 0. The van der Waals surface area contributed by atoms with Gasteiger partial charge in [-0.2, -0.15) is 13.2 Å². The Labute approximate surface area is 135 Å². The van der Waals surface area contributed by atoms with Crippen molar-refractivity contribution in [3.63, 3.8) is 0 Å². The summed E-state index contributed by atoms with van der Waals surface area (Å²) in [4.78, 5) is 0. The third kappa shape index (κ3) is 4.27. The number of unbranched alkanes of at least 4 members (excludes halogenated alkanes) is 6. The fourth-order valence-electron chi connectivity index (χ4n) is 3.18. The van der Waals surface area contributed by atoms with Gasteiger partial charge in [0.25, 0.3) is 0 Å². The molecule has 0 aliphatic carbocycles. The minimum atomic E-state index is -4.34. The largest absolute Gasteiger partial charge is 0.495 e. The summed E-state index contributed by atoms with van der Waals surface area (Å²) < 4.78 is 43.0. The first-order chi connectivity index (χ1) is 11.0. The van der Waals surface area contributed by atoms with Gasteiger partial charge in [-0.1, -0.05) is 51.2 Å². The molecule has 0 fully saturated rings. The van der Waals surface area contributed by atoms with Gasteiger partial charge >= 0.3 is 12.0 Å². The van der Waals surface area contributed by atoms with Crippen molar-refractivity contribution in [3.05, 3.63) is 30.1 Å². The van der Waals surface area contributed by atoms with E-state index in [1.165, 1.54) is 41.9 Å². The number of imidazole rings is 1. The topological polar surface area (TPSA) is 8.81 Å². The molecule has 2 rings (SSSR count). The van der Waals surface area contributed by atoms with E-state index in [0.717, 1.165) is 19.3 Å². The Bertz CT molecular complexity index is 629. The maximum absolute atomic E-state index is 13.4. The van der Waals surface area contributed by atoms with Crippen molar-refractivity contribution in [2.45, 2.75) is 64.6 Å². The van der Waals surface area contributed by atoms with Gasteiger partial charge in [0, 0.05) is 0 Å². The summed E-state index contributed by atoms with van der Waals surface area (Å²) in [7, 11) is 1.49. The molecule has 0 saturated heterocycles. The first kappa shape index (κ1) is 17.8. The molecule has 1 aromatic carbocycles. The van der Waals surface area contributed by atoms with Gasteiger partial charge in [0.1, 0.15) is 0 Å². The van der Waals surface area contributed by atoms with Gasteiger partial charge in [-0.05, 0) is 25.0 Å². The molecular weight excluding hydrogens is 301 g/mol. The zero-order valence-electron chi connectivity index (χ0n) is 14.0. The molecule has 0 bridgehead atoms. The lowest BCUT2D eigenvalue weighted by Crippen LogP contribution is -2.38. The van der Waals surface area contributed by atoms with E-state index in [0.29, 0.717) is 17.6 Å². The Kier molecular flexibility index (Phi) is 6.08. The highest BCUT2D eigenvalue weighted by atomic mass is 19.4. The summed E-state index contributed by atoms with van der Waals surface area (Å²) >= 11 is 0. The minimum absolute atomic E-state index is 0.421. The van der Waals surface area contributed by atoms with Gasteiger partial charge in [0.2, 0.25) is 0 Å². The smallest absolute Gasteiger partial charge is 0.222 e. The van der Waals surface area contributed by atoms with Crippen LogP contribution in [-0.2, 0) is 19.8 Å². The van der Waals surface area contributed by atoms with Crippen LogP contribution in [-0.4, -0.2) is 4.57 Å². The summed E-state index contributed by atoms with van der Waals surface area (Å²) in [6, 6.07) is 7.09. The van der Waals surface area contributed by atoms with Crippen LogP contribution in [0.15, 0.2) is 24.3 Å². The Morgan fingerprint density at radius 3 is 2.22 bits per heavy atom. The van der Waals surface area contributed by atoms with Crippen LogP contribution in [0.2, 0.25) is 0 Å². The molecule has 0 N–H and O–H groups in total. The quantitative estimate of drug-likeness (QED) is 0.463. The van der Waals surface area contributed by atoms with Crippen molar-refractivity contribution >= 4 is 11.0 Å². The van der Waals surface area contributed by atoms with Gasteiger partial charge < -0.3 is 0 Å². The van der Waals surface area contributed by atoms with Crippen LogP contribution >= 0.6 is 0 Å². The third-order valence-corrected chi connectivity index (χ3v) is 4.35. The van der Waals surface area contributed by atoms with Crippen LogP contribution < -0.4 is 4.57 Å². The number of aryl methyl sites for hydroxylation is 2. The number of rotatable bonds is 8. The molecule has 0 radical (unpaired) electrons. The summed E-state index contributed by atoms with van der Waals surface area (Å²) in [5.41, 5.74) is 1.29. The van der Waals surface area contributed by atoms with E-state index < -0.39 is 12.0 Å². The second kappa shape index (κ2) is 7.84. The summed E-state index contributed by atoms with van der Waals surface area (Å²) in [6.07, 6.45) is 3.40. The number of aromatic nitrogens is 2. The molecule has 0 saturated carbocycles. The van der Waals surface area contributed by atoms with E-state index in [1.54, 1.807) is 24.3 Å². The van der Waals surface area contributed by atoms with E-state index in [2.05, 4.69) is 6.92 Å². The predicted molar refractivity (Wildman–Crippen MR) is 86.1 cm³/mol. The lowest BCUT2D eigenvalue weighted by Gasteiger charge is -2.06. The van der Waals surface area contributed by atoms with Gasteiger partial charge in [0.05, 0.1) is 13.6 Å². The molecule has 0 amide bonds. The first-order valence-electron chi connectivity index (χ1n) is 8.51. The lowest BCUT2D eigenvalue weighted by molar-refractivity contribution is -0.667. The van der Waals surface area contributed by atoms with Gasteiger partial charge in [0.15, 0.2) is 11.0 Å². The van der Waals surface area contributed by atoms with Crippen LogP contribution in [0, 0.1) is 0 Å². The van der Waals surface area contributed by atoms with Crippen LogP contribution in [0.4, 0.5) is 13.2 Å². The van der Waals surface area contributed by atoms with Crippen LogP contribution in [0.25, 0.3) is 11.0 Å². The van der Waals surface area contributed by atoms with E-state index >= 15 is 0 Å². The fraction of sp³-hybridized carbons (Fsp3) is 0.611. The standard InChI is InChI=1S/C18H26F3N2/c1-3-4-5-6-7-8-11-14-23-16-13-10-9-12-15(16)22(2)17(23)18(19,20)21/h9-10,12-13H,3-8,11,14H2,1-2H3/q+1. The first-order valence-corrected chi connectivity index (χ1v) is 8.51. The predicted octanol–water partition coefficient (Wildman–Crippen LogP) is 5.24. The normalized spacial score (nSPS) is 12.2. The molecule has 2 aromatic rings. The summed E-state index contributed by atoms with van der Waals surface area (Å²) in [5.74, 6) is -0.565. The van der Waals surface area contributed by atoms with Crippen LogP contribution in [0.1, 0.15) is 57.7 Å². The number of hydrogen-bond donors (Lipinski definition) is 0. The van der Waals surface area contributed by atoms with E-state index in [9.17, 15) is 13.2 Å². The number of fused-ring (bicyclic) bond motifs is 1. The molecular formula is C18H26F3N2+. The molecule has 0 spiro atoms. The number of para-hydroxylation sites is 2. The maximum Gasteiger partial charge on any atom is 0.495 e. The van der Waals surface area contributed by atoms with Gasteiger partial charge in [-0.3, -0.25) is 0 Å². The third-order valence-electron chi connectivity index (χ3n) is 4.35. The molecule has 0 atom stereocenters. The number of benzene rings is 1. The summed E-state index contributed by atoms with van der Waals surface area (Å²) in [6.45, 7) is 2.60. The number of alkyl halides is 3. The fourth-order valence-corrected chi connectivity index (χ4v) is 3.18. The molecule has 5 heteroatoms. The van der Waals surface area contributed by atoms with Crippen molar-refractivity contribution in [2.75, 3.05) is 0 Å². The monoisotopic (exact) mass is 327 g/mol. The molecule has 0 aliphatic heterocycles. The highest BCUT2D eigenvalue weighted by molar-refractivity contribution is 5.72. The Morgan fingerprint density at radius 1 is 0.957 bits per heavy atom. The van der Waals surface area contributed by atoms with Gasteiger partial charge in [-0.15, -0.1) is 0 Å². The molecule has 2 nitrogen and oxygen atoms in total. The van der Waals surface area contributed by atoms with Crippen LogP contribution in [0.5, 0.6) is 0 Å². The highest BCUT2D eigenvalue weighted by Gasteiger charge is 2.45. The minimum Gasteiger partial charge on any atom is -0.222 e. The number of nitrogens with zero attached hydrogens (tertiary/aromatic N) is 2. The molecule has 0 aliphatic rings. The zero-order chi connectivity index (χ0) is 16.9. The lowest BCUT2D eigenvalue weighted by atomic mass is 10.1. The van der Waals surface area contributed by atoms with Crippen molar-refractivity contribution in [3.8, 4) is 0 Å². The van der Waals surface area contributed by atoms with E-state index in [4.69, 9.17) is 0 Å². The van der Waals surface area contributed by atoms with Crippen molar-refractivity contribution in [2.24, 2.45) is 7.05 Å². The van der Waals surface area contributed by atoms with Crippen molar-refractivity contribution < 1.29 is 17.7 Å². The molecule has 1 aromatic heterocycles. The Morgan fingerprint density at radius 2 is 1.57 bits per heavy atom. The molecule has 23 heavy (non-hydrogen) atoms. The van der Waals surface area contributed by atoms with Crippen molar-refractivity contribution in [1.29, 1.82) is 0 Å². The molecule has 0 unspecified atom stereocenters. The molecule has 1 heterocycles. The maximum atomic E-state index is 13.4. The van der Waals surface area contributed by atoms with Crippen molar-refractivity contribution in [1.82, 2.24) is 4.57 Å². The zero-order valence-corrected chi connectivity index (χ0v) is 14.0. The van der Waals surface area contributed by atoms with E-state index in [-0.39, 0.29) is 0 Å². The second-order valence-corrected chi connectivity index (χ2v) is 6.14. The average Bonchev–Trinajstić information content (AvgIpc) is 2.79. The second-order valence-electron chi connectivity index (χ2n) is 6.14. The van der Waals surface area contributed by atoms with Crippen LogP contribution in [0.3, 0.4) is 0 Å². The SMILES string of the molecule is CCCCCCCCCn1c(C(F)(F)F)[n+](C)c2ccccc21. The average molecular weight is 327 g/mol. The Hall–Kier alpha value is -1.52. The highest BCUT2D eigenvalue weighted by Crippen LogP contribution is 2.30.